The zero-order chi connectivity index (χ0) is 18.0. The Morgan fingerprint density at radius 2 is 1.58 bits per heavy atom. The molecule has 1 N–H and O–H groups in total. The van der Waals surface area contributed by atoms with Crippen molar-refractivity contribution in [1.82, 2.24) is 4.72 Å². The first-order valence-corrected chi connectivity index (χ1v) is 8.95. The van der Waals surface area contributed by atoms with Crippen LogP contribution in [0.25, 0.3) is 0 Å². The fraction of sp³-hybridized carbons (Fsp3) is 0.200. The summed E-state index contributed by atoms with van der Waals surface area (Å²) in [7, 11) is -4.08. The summed E-state index contributed by atoms with van der Waals surface area (Å²) >= 11 is 12.0. The van der Waals surface area contributed by atoms with Gasteiger partial charge in [-0.2, -0.15) is 13.2 Å². The maximum Gasteiger partial charge on any atom is 0.416 e. The van der Waals surface area contributed by atoms with Crippen LogP contribution in [0, 0.1) is 0 Å². The van der Waals surface area contributed by atoms with Gasteiger partial charge in [-0.15, -0.1) is 0 Å². The summed E-state index contributed by atoms with van der Waals surface area (Å²) in [5, 5.41) is 0.779. The van der Waals surface area contributed by atoms with Gasteiger partial charge in [0.15, 0.2) is 0 Å². The molecule has 9 heteroatoms. The van der Waals surface area contributed by atoms with Crippen LogP contribution in [0.3, 0.4) is 0 Å². The van der Waals surface area contributed by atoms with E-state index in [0.29, 0.717) is 21.7 Å². The van der Waals surface area contributed by atoms with Crippen molar-refractivity contribution in [3.05, 3.63) is 63.6 Å². The molecule has 0 fully saturated rings. The Kier molecular flexibility index (Phi) is 5.80. The summed E-state index contributed by atoms with van der Waals surface area (Å²) in [5.41, 5.74) is -0.466. The molecule has 0 aromatic heterocycles. The van der Waals surface area contributed by atoms with E-state index in [-0.39, 0.29) is 13.0 Å². The Morgan fingerprint density at radius 3 is 2.17 bits per heavy atom. The van der Waals surface area contributed by atoms with Gasteiger partial charge < -0.3 is 0 Å². The van der Waals surface area contributed by atoms with Crippen molar-refractivity contribution in [3.63, 3.8) is 0 Å². The van der Waals surface area contributed by atoms with E-state index in [9.17, 15) is 21.6 Å². The smallest absolute Gasteiger partial charge is 0.211 e. The van der Waals surface area contributed by atoms with Gasteiger partial charge in [-0.1, -0.05) is 35.3 Å². The van der Waals surface area contributed by atoms with Crippen molar-refractivity contribution in [2.75, 3.05) is 6.54 Å². The lowest BCUT2D eigenvalue weighted by molar-refractivity contribution is -0.137. The molecule has 0 aliphatic rings. The van der Waals surface area contributed by atoms with E-state index >= 15 is 0 Å². The lowest BCUT2D eigenvalue weighted by atomic mass is 10.1. The highest BCUT2D eigenvalue weighted by atomic mass is 35.5. The largest absolute Gasteiger partial charge is 0.416 e. The molecule has 2 rings (SSSR count). The van der Waals surface area contributed by atoms with Crippen LogP contribution in [0.2, 0.25) is 10.0 Å². The molecule has 0 saturated heterocycles. The monoisotopic (exact) mass is 397 g/mol. The third-order valence-electron chi connectivity index (χ3n) is 3.20. The molecule has 0 unspecified atom stereocenters. The summed E-state index contributed by atoms with van der Waals surface area (Å²) < 4.78 is 64.5. The van der Waals surface area contributed by atoms with E-state index in [1.807, 2.05) is 0 Å². The van der Waals surface area contributed by atoms with Crippen LogP contribution in [0.1, 0.15) is 11.1 Å². The molecule has 24 heavy (non-hydrogen) atoms. The standard InChI is InChI=1S/C15H12Cl2F3NO2S/c16-13-5-2-6-14(17)12(13)7-8-21-24(22,23)11-4-1-3-10(9-11)15(18,19)20/h1-6,9,21H,7-8H2. The maximum absolute atomic E-state index is 12.7. The van der Waals surface area contributed by atoms with Gasteiger partial charge in [0, 0.05) is 16.6 Å². The minimum atomic E-state index is -4.61. The topological polar surface area (TPSA) is 46.2 Å². The Labute approximate surface area is 147 Å². The Morgan fingerprint density at radius 1 is 1.00 bits per heavy atom. The van der Waals surface area contributed by atoms with Crippen LogP contribution in [0.15, 0.2) is 47.4 Å². The minimum absolute atomic E-state index is 0.0535. The van der Waals surface area contributed by atoms with E-state index in [0.717, 1.165) is 18.2 Å². The van der Waals surface area contributed by atoms with Crippen LogP contribution in [0.5, 0.6) is 0 Å². The molecule has 3 nitrogen and oxygen atoms in total. The van der Waals surface area contributed by atoms with Crippen molar-refractivity contribution < 1.29 is 21.6 Å². The van der Waals surface area contributed by atoms with E-state index in [4.69, 9.17) is 23.2 Å². The van der Waals surface area contributed by atoms with Crippen molar-refractivity contribution in [1.29, 1.82) is 0 Å². The predicted octanol–water partition coefficient (Wildman–Crippen LogP) is 4.53. The zero-order valence-electron chi connectivity index (χ0n) is 12.1. The molecule has 130 valence electrons. The molecule has 0 bridgehead atoms. The second kappa shape index (κ2) is 7.31. The summed E-state index contributed by atoms with van der Waals surface area (Å²) in [5.74, 6) is 0. The average Bonchev–Trinajstić information content (AvgIpc) is 2.49. The van der Waals surface area contributed by atoms with Gasteiger partial charge in [0.05, 0.1) is 10.5 Å². The summed E-state index contributed by atoms with van der Waals surface area (Å²) in [6.45, 7) is -0.0535. The molecule has 2 aromatic carbocycles. The molecule has 0 radical (unpaired) electrons. The van der Waals surface area contributed by atoms with Crippen molar-refractivity contribution in [2.45, 2.75) is 17.5 Å². The lowest BCUT2D eigenvalue weighted by Gasteiger charge is -2.11. The van der Waals surface area contributed by atoms with Gasteiger partial charge >= 0.3 is 6.18 Å². The number of nitrogens with one attached hydrogen (secondary N) is 1. The second-order valence-electron chi connectivity index (χ2n) is 4.87. The van der Waals surface area contributed by atoms with Crippen LogP contribution in [-0.4, -0.2) is 15.0 Å². The molecule has 0 spiro atoms. The molecule has 0 amide bonds. The number of halogens is 5. The lowest BCUT2D eigenvalue weighted by Crippen LogP contribution is -2.26. The molecule has 2 aromatic rings. The minimum Gasteiger partial charge on any atom is -0.211 e. The normalized spacial score (nSPS) is 12.4. The number of rotatable bonds is 5. The van der Waals surface area contributed by atoms with Crippen LogP contribution >= 0.6 is 23.2 Å². The molecular weight excluding hydrogens is 386 g/mol. The first kappa shape index (κ1) is 19.1. The number of benzene rings is 2. The highest BCUT2D eigenvalue weighted by Crippen LogP contribution is 2.30. The first-order valence-electron chi connectivity index (χ1n) is 6.71. The highest BCUT2D eigenvalue weighted by Gasteiger charge is 2.31. The maximum atomic E-state index is 12.7. The third-order valence-corrected chi connectivity index (χ3v) is 5.37. The third kappa shape index (κ3) is 4.63. The van der Waals surface area contributed by atoms with Gasteiger partial charge in [0.2, 0.25) is 10.0 Å². The average molecular weight is 398 g/mol. The fourth-order valence-electron chi connectivity index (χ4n) is 2.00. The predicted molar refractivity (Wildman–Crippen MR) is 86.8 cm³/mol. The van der Waals surface area contributed by atoms with Crippen LogP contribution < -0.4 is 4.72 Å². The van der Waals surface area contributed by atoms with Gasteiger partial charge in [-0.3, -0.25) is 0 Å². The Hall–Kier alpha value is -1.28. The van der Waals surface area contributed by atoms with Crippen LogP contribution in [0.4, 0.5) is 13.2 Å². The zero-order valence-corrected chi connectivity index (χ0v) is 14.4. The van der Waals surface area contributed by atoms with Gasteiger partial charge in [0.1, 0.15) is 0 Å². The van der Waals surface area contributed by atoms with Gasteiger partial charge in [-0.25, -0.2) is 13.1 Å². The van der Waals surface area contributed by atoms with E-state index in [1.165, 1.54) is 0 Å². The molecule has 0 aliphatic heterocycles. The summed E-state index contributed by atoms with van der Waals surface area (Å²) in [6.07, 6.45) is -4.41. The Balaban J connectivity index is 2.12. The quantitative estimate of drug-likeness (QED) is 0.805. The Bertz CT molecular complexity index is 819. The van der Waals surface area contributed by atoms with Crippen LogP contribution in [-0.2, 0) is 22.6 Å². The molecular formula is C15H12Cl2F3NO2S. The van der Waals surface area contributed by atoms with Crippen molar-refractivity contribution in [3.8, 4) is 0 Å². The molecule has 0 aliphatic carbocycles. The van der Waals surface area contributed by atoms with Gasteiger partial charge in [0.25, 0.3) is 0 Å². The number of hydrogen-bond donors (Lipinski definition) is 1. The van der Waals surface area contributed by atoms with E-state index < -0.39 is 26.7 Å². The second-order valence-corrected chi connectivity index (χ2v) is 7.45. The number of sulfonamides is 1. The first-order chi connectivity index (χ1) is 11.1. The van der Waals surface area contributed by atoms with E-state index in [1.54, 1.807) is 18.2 Å². The van der Waals surface area contributed by atoms with Crippen molar-refractivity contribution in [2.24, 2.45) is 0 Å². The van der Waals surface area contributed by atoms with E-state index in [2.05, 4.69) is 4.72 Å². The number of hydrogen-bond acceptors (Lipinski definition) is 2. The summed E-state index contributed by atoms with van der Waals surface area (Å²) in [4.78, 5) is -0.456. The number of alkyl halides is 3. The van der Waals surface area contributed by atoms with Gasteiger partial charge in [-0.05, 0) is 42.3 Å². The highest BCUT2D eigenvalue weighted by molar-refractivity contribution is 7.89. The SMILES string of the molecule is O=S(=O)(NCCc1c(Cl)cccc1Cl)c1cccc(C(F)(F)F)c1. The molecule has 0 atom stereocenters. The van der Waals surface area contributed by atoms with Crippen molar-refractivity contribution >= 4 is 33.2 Å². The summed E-state index contributed by atoms with van der Waals surface area (Å²) in [6, 6.07) is 8.42. The molecule has 0 heterocycles. The fourth-order valence-corrected chi connectivity index (χ4v) is 3.67. The molecule has 0 saturated carbocycles.